The third kappa shape index (κ3) is 5.38. The molecule has 0 heterocycles. The number of nitrogens with zero attached hydrogens (tertiary/aromatic N) is 1. The summed E-state index contributed by atoms with van der Waals surface area (Å²) < 4.78 is 28.0. The standard InChI is InChI=1S/C21H23ClN2O5S/c1-14(25)24(10-2-3-21(26)27)19-7-4-15-11-18(12-16(15)13-19)23-30(28,29)20-8-5-17(22)6-9-20/h4-9,13,18,23H,2-3,10-12H2,1H3,(H,26,27). The molecule has 9 heteroatoms. The van der Waals surface area contributed by atoms with Gasteiger partial charge in [0.1, 0.15) is 0 Å². The van der Waals surface area contributed by atoms with E-state index in [0.717, 1.165) is 11.1 Å². The number of rotatable bonds is 8. The summed E-state index contributed by atoms with van der Waals surface area (Å²) in [5.41, 5.74) is 2.69. The van der Waals surface area contributed by atoms with Crippen molar-refractivity contribution in [3.05, 3.63) is 58.6 Å². The molecule has 0 aromatic heterocycles. The Morgan fingerprint density at radius 1 is 1.13 bits per heavy atom. The highest BCUT2D eigenvalue weighted by Crippen LogP contribution is 2.28. The first kappa shape index (κ1) is 22.3. The van der Waals surface area contributed by atoms with Gasteiger partial charge in [-0.1, -0.05) is 17.7 Å². The third-order valence-electron chi connectivity index (χ3n) is 5.03. The number of amides is 1. The molecule has 7 nitrogen and oxygen atoms in total. The fourth-order valence-electron chi connectivity index (χ4n) is 3.61. The minimum absolute atomic E-state index is 0.0106. The van der Waals surface area contributed by atoms with Crippen molar-refractivity contribution >= 4 is 39.2 Å². The molecule has 0 fully saturated rings. The molecule has 0 bridgehead atoms. The van der Waals surface area contributed by atoms with E-state index < -0.39 is 16.0 Å². The minimum Gasteiger partial charge on any atom is -0.481 e. The van der Waals surface area contributed by atoms with Gasteiger partial charge in [-0.05, 0) is 66.8 Å². The van der Waals surface area contributed by atoms with E-state index in [1.54, 1.807) is 4.90 Å². The number of carbonyl (C=O) groups excluding carboxylic acids is 1. The summed E-state index contributed by atoms with van der Waals surface area (Å²) in [4.78, 5) is 24.5. The molecule has 0 saturated carbocycles. The highest BCUT2D eigenvalue weighted by Gasteiger charge is 2.27. The van der Waals surface area contributed by atoms with E-state index in [9.17, 15) is 18.0 Å². The highest BCUT2D eigenvalue weighted by molar-refractivity contribution is 7.89. The van der Waals surface area contributed by atoms with Gasteiger partial charge in [-0.2, -0.15) is 0 Å². The Labute approximate surface area is 180 Å². The summed E-state index contributed by atoms with van der Waals surface area (Å²) in [6.07, 6.45) is 1.41. The topological polar surface area (TPSA) is 104 Å². The maximum Gasteiger partial charge on any atom is 0.303 e. The van der Waals surface area contributed by atoms with Gasteiger partial charge in [0.2, 0.25) is 15.9 Å². The zero-order valence-electron chi connectivity index (χ0n) is 16.5. The molecule has 1 amide bonds. The quantitative estimate of drug-likeness (QED) is 0.643. The second-order valence-corrected chi connectivity index (χ2v) is 9.45. The van der Waals surface area contributed by atoms with Crippen LogP contribution in [0.25, 0.3) is 0 Å². The number of benzene rings is 2. The van der Waals surface area contributed by atoms with Gasteiger partial charge in [0.25, 0.3) is 0 Å². The largest absolute Gasteiger partial charge is 0.481 e. The smallest absolute Gasteiger partial charge is 0.303 e. The Kier molecular flexibility index (Phi) is 6.80. The van der Waals surface area contributed by atoms with Crippen LogP contribution < -0.4 is 9.62 Å². The first-order chi connectivity index (χ1) is 14.2. The molecule has 1 unspecified atom stereocenters. The zero-order valence-corrected chi connectivity index (χ0v) is 18.0. The van der Waals surface area contributed by atoms with Gasteiger partial charge in [0.15, 0.2) is 0 Å². The minimum atomic E-state index is -3.67. The molecule has 1 aliphatic carbocycles. The van der Waals surface area contributed by atoms with E-state index in [1.807, 2.05) is 18.2 Å². The van der Waals surface area contributed by atoms with Gasteiger partial charge in [-0.3, -0.25) is 9.59 Å². The molecule has 2 N–H and O–H groups in total. The number of fused-ring (bicyclic) bond motifs is 1. The van der Waals surface area contributed by atoms with E-state index in [1.165, 1.54) is 31.2 Å². The number of hydrogen-bond acceptors (Lipinski definition) is 4. The molecule has 0 saturated heterocycles. The van der Waals surface area contributed by atoms with Gasteiger partial charge in [-0.15, -0.1) is 0 Å². The Morgan fingerprint density at radius 3 is 2.43 bits per heavy atom. The highest BCUT2D eigenvalue weighted by atomic mass is 35.5. The monoisotopic (exact) mass is 450 g/mol. The fourth-order valence-corrected chi connectivity index (χ4v) is 4.98. The summed E-state index contributed by atoms with van der Waals surface area (Å²) in [6, 6.07) is 11.3. The number of carboxylic acid groups (broad SMARTS) is 1. The zero-order chi connectivity index (χ0) is 21.9. The van der Waals surface area contributed by atoms with Crippen molar-refractivity contribution in [2.75, 3.05) is 11.4 Å². The number of hydrogen-bond donors (Lipinski definition) is 2. The predicted molar refractivity (Wildman–Crippen MR) is 114 cm³/mol. The number of sulfonamides is 1. The molecular formula is C21H23ClN2O5S. The molecule has 2 aromatic carbocycles. The number of anilines is 1. The van der Waals surface area contributed by atoms with Crippen LogP contribution in [0.15, 0.2) is 47.4 Å². The Morgan fingerprint density at radius 2 is 1.80 bits per heavy atom. The molecule has 3 rings (SSSR count). The van der Waals surface area contributed by atoms with Crippen molar-refractivity contribution in [1.82, 2.24) is 4.72 Å². The second kappa shape index (κ2) is 9.16. The van der Waals surface area contributed by atoms with Crippen molar-refractivity contribution in [2.45, 2.75) is 43.5 Å². The molecule has 1 atom stereocenters. The van der Waals surface area contributed by atoms with Crippen LogP contribution in [0.5, 0.6) is 0 Å². The lowest BCUT2D eigenvalue weighted by molar-refractivity contribution is -0.137. The number of carbonyl (C=O) groups is 2. The van der Waals surface area contributed by atoms with Crippen LogP contribution in [0.3, 0.4) is 0 Å². The van der Waals surface area contributed by atoms with Crippen LogP contribution in [0, 0.1) is 0 Å². The molecule has 0 spiro atoms. The molecule has 2 aromatic rings. The normalized spacial score (nSPS) is 15.6. The van der Waals surface area contributed by atoms with Gasteiger partial charge in [-0.25, -0.2) is 13.1 Å². The average molecular weight is 451 g/mol. The van der Waals surface area contributed by atoms with Crippen molar-refractivity contribution in [1.29, 1.82) is 0 Å². The summed E-state index contributed by atoms with van der Waals surface area (Å²) >= 11 is 5.83. The number of halogens is 1. The number of nitrogens with one attached hydrogen (secondary N) is 1. The number of aliphatic carboxylic acids is 1. The summed E-state index contributed by atoms with van der Waals surface area (Å²) in [5.74, 6) is -1.07. The van der Waals surface area contributed by atoms with Crippen LogP contribution in [-0.4, -0.2) is 38.0 Å². The van der Waals surface area contributed by atoms with E-state index in [4.69, 9.17) is 16.7 Å². The summed E-state index contributed by atoms with van der Waals surface area (Å²) in [7, 11) is -3.67. The van der Waals surface area contributed by atoms with Crippen LogP contribution in [0.4, 0.5) is 5.69 Å². The van der Waals surface area contributed by atoms with Crippen molar-refractivity contribution < 1.29 is 23.1 Å². The first-order valence-corrected chi connectivity index (χ1v) is 11.4. The van der Waals surface area contributed by atoms with Gasteiger partial charge in [0, 0.05) is 36.6 Å². The Bertz CT molecular complexity index is 1050. The van der Waals surface area contributed by atoms with Crippen molar-refractivity contribution in [3.63, 3.8) is 0 Å². The van der Waals surface area contributed by atoms with Crippen LogP contribution in [0.2, 0.25) is 5.02 Å². The molecule has 30 heavy (non-hydrogen) atoms. The maximum atomic E-state index is 12.6. The lowest BCUT2D eigenvalue weighted by Gasteiger charge is -2.21. The van der Waals surface area contributed by atoms with Gasteiger partial charge in [0.05, 0.1) is 4.90 Å². The average Bonchev–Trinajstić information content (AvgIpc) is 3.05. The lowest BCUT2D eigenvalue weighted by Crippen LogP contribution is -2.35. The summed E-state index contributed by atoms with van der Waals surface area (Å²) in [6.45, 7) is 1.75. The fraction of sp³-hybridized carbons (Fsp3) is 0.333. The Balaban J connectivity index is 1.71. The van der Waals surface area contributed by atoms with Crippen LogP contribution in [0.1, 0.15) is 30.9 Å². The number of carboxylic acids is 1. The van der Waals surface area contributed by atoms with Crippen LogP contribution in [-0.2, 0) is 32.5 Å². The maximum absolute atomic E-state index is 12.6. The SMILES string of the molecule is CC(=O)N(CCCC(=O)O)c1ccc2c(c1)CC(NS(=O)(=O)c1ccc(Cl)cc1)C2. The van der Waals surface area contributed by atoms with Gasteiger partial charge < -0.3 is 10.0 Å². The van der Waals surface area contributed by atoms with Crippen molar-refractivity contribution in [2.24, 2.45) is 0 Å². The molecule has 160 valence electrons. The molecule has 0 radical (unpaired) electrons. The van der Waals surface area contributed by atoms with E-state index in [-0.39, 0.29) is 23.3 Å². The lowest BCUT2D eigenvalue weighted by atomic mass is 10.1. The second-order valence-electron chi connectivity index (χ2n) is 7.30. The third-order valence-corrected chi connectivity index (χ3v) is 6.82. The van der Waals surface area contributed by atoms with E-state index in [0.29, 0.717) is 36.5 Å². The van der Waals surface area contributed by atoms with E-state index in [2.05, 4.69) is 4.72 Å². The summed E-state index contributed by atoms with van der Waals surface area (Å²) in [5, 5.41) is 9.28. The van der Waals surface area contributed by atoms with Crippen LogP contribution >= 0.6 is 11.6 Å². The molecular weight excluding hydrogens is 428 g/mol. The van der Waals surface area contributed by atoms with E-state index >= 15 is 0 Å². The first-order valence-electron chi connectivity index (χ1n) is 9.55. The van der Waals surface area contributed by atoms with Gasteiger partial charge >= 0.3 is 5.97 Å². The molecule has 0 aliphatic heterocycles. The molecule has 1 aliphatic rings. The Hall–Kier alpha value is -2.42. The van der Waals surface area contributed by atoms with Crippen molar-refractivity contribution in [3.8, 4) is 0 Å². The predicted octanol–water partition coefficient (Wildman–Crippen LogP) is 3.00.